The van der Waals surface area contributed by atoms with Crippen LogP contribution in [0.4, 0.5) is 13.2 Å². The van der Waals surface area contributed by atoms with Crippen LogP contribution in [0.2, 0.25) is 0 Å². The van der Waals surface area contributed by atoms with Gasteiger partial charge in [-0.25, -0.2) is 0 Å². The van der Waals surface area contributed by atoms with Gasteiger partial charge in [0.05, 0.1) is 0 Å². The molecule has 0 spiro atoms. The fourth-order valence-corrected chi connectivity index (χ4v) is 1.73. The molecular weight excluding hydrogens is 265 g/mol. The minimum absolute atomic E-state index is 0.225. The van der Waals surface area contributed by atoms with Gasteiger partial charge < -0.3 is 4.74 Å². The van der Waals surface area contributed by atoms with Crippen molar-refractivity contribution in [3.05, 3.63) is 35.4 Å². The van der Waals surface area contributed by atoms with Crippen molar-refractivity contribution >= 4 is 17.7 Å². The first-order valence-electron chi connectivity index (χ1n) is 5.44. The average molecular weight is 279 g/mol. The molecule has 5 heteroatoms. The zero-order valence-electron chi connectivity index (χ0n) is 10.1. The molecule has 0 atom stereocenters. The quantitative estimate of drug-likeness (QED) is 0.715. The van der Waals surface area contributed by atoms with Crippen molar-refractivity contribution in [3.63, 3.8) is 0 Å². The molecule has 0 heterocycles. The number of hydrogen-bond acceptors (Lipinski definition) is 1. The minimum atomic E-state index is -4.66. The summed E-state index contributed by atoms with van der Waals surface area (Å²) in [6.07, 6.45) is -2.79. The van der Waals surface area contributed by atoms with Gasteiger partial charge in [0.1, 0.15) is 5.75 Å². The molecule has 0 aromatic heterocycles. The molecule has 18 heavy (non-hydrogen) atoms. The highest BCUT2D eigenvalue weighted by Gasteiger charge is 2.30. The van der Waals surface area contributed by atoms with Crippen LogP contribution in [0.5, 0.6) is 5.75 Å². The molecular formula is C13H14ClF3O. The third kappa shape index (κ3) is 5.00. The summed E-state index contributed by atoms with van der Waals surface area (Å²) >= 11 is 5.79. The van der Waals surface area contributed by atoms with E-state index in [4.69, 9.17) is 11.6 Å². The third-order valence-electron chi connectivity index (χ3n) is 2.36. The smallest absolute Gasteiger partial charge is 0.406 e. The highest BCUT2D eigenvalue weighted by Crippen LogP contribution is 2.24. The van der Waals surface area contributed by atoms with Gasteiger partial charge in [0.25, 0.3) is 0 Å². The van der Waals surface area contributed by atoms with Crippen LogP contribution in [0.1, 0.15) is 19.4 Å². The number of halogens is 4. The first kappa shape index (κ1) is 14.9. The Morgan fingerprint density at radius 1 is 1.28 bits per heavy atom. The standard InChI is InChI=1S/C13H14ClF3O/c1-9(2)11(8-14)7-10-3-5-12(6-4-10)18-13(15,16)17/h3-7,9H,8H2,1-2H3. The van der Waals surface area contributed by atoms with Gasteiger partial charge in [0.2, 0.25) is 0 Å². The monoisotopic (exact) mass is 278 g/mol. The normalized spacial score (nSPS) is 12.9. The molecule has 0 aliphatic rings. The second-order valence-corrected chi connectivity index (χ2v) is 4.39. The number of allylic oxidation sites excluding steroid dienone is 1. The Morgan fingerprint density at radius 2 is 1.83 bits per heavy atom. The molecule has 1 aromatic rings. The van der Waals surface area contributed by atoms with Crippen molar-refractivity contribution in [2.24, 2.45) is 5.92 Å². The van der Waals surface area contributed by atoms with Crippen LogP contribution in [-0.2, 0) is 0 Å². The maximum absolute atomic E-state index is 12.0. The van der Waals surface area contributed by atoms with Crippen LogP contribution in [0.25, 0.3) is 6.08 Å². The Bertz CT molecular complexity index is 407. The summed E-state index contributed by atoms with van der Waals surface area (Å²) in [5.41, 5.74) is 1.83. The van der Waals surface area contributed by atoms with E-state index in [9.17, 15) is 13.2 Å². The number of ether oxygens (including phenoxy) is 1. The minimum Gasteiger partial charge on any atom is -0.406 e. The third-order valence-corrected chi connectivity index (χ3v) is 2.67. The van der Waals surface area contributed by atoms with Crippen molar-refractivity contribution in [3.8, 4) is 5.75 Å². The van der Waals surface area contributed by atoms with Gasteiger partial charge in [-0.1, -0.05) is 37.6 Å². The SMILES string of the molecule is CC(C)C(=Cc1ccc(OC(F)(F)F)cc1)CCl. The Morgan fingerprint density at radius 3 is 2.22 bits per heavy atom. The largest absolute Gasteiger partial charge is 0.573 e. The predicted octanol–water partition coefficient (Wildman–Crippen LogP) is 4.86. The van der Waals surface area contributed by atoms with Gasteiger partial charge in [-0.3, -0.25) is 0 Å². The van der Waals surface area contributed by atoms with Crippen LogP contribution in [-0.4, -0.2) is 12.2 Å². The van der Waals surface area contributed by atoms with Gasteiger partial charge in [0, 0.05) is 5.88 Å². The molecule has 100 valence electrons. The summed E-state index contributed by atoms with van der Waals surface area (Å²) in [5, 5.41) is 0. The van der Waals surface area contributed by atoms with Crippen molar-refractivity contribution in [2.75, 3.05) is 5.88 Å². The van der Waals surface area contributed by atoms with Crippen LogP contribution >= 0.6 is 11.6 Å². The highest BCUT2D eigenvalue weighted by molar-refractivity contribution is 6.19. The van der Waals surface area contributed by atoms with E-state index in [1.54, 1.807) is 12.1 Å². The lowest BCUT2D eigenvalue weighted by molar-refractivity contribution is -0.274. The molecule has 0 aliphatic carbocycles. The summed E-state index contributed by atoms with van der Waals surface area (Å²) < 4.78 is 39.7. The number of benzene rings is 1. The van der Waals surface area contributed by atoms with Crippen LogP contribution in [0.3, 0.4) is 0 Å². The molecule has 1 rings (SSSR count). The van der Waals surface area contributed by atoms with Gasteiger partial charge in [-0.05, 0) is 23.6 Å². The molecule has 0 saturated carbocycles. The summed E-state index contributed by atoms with van der Waals surface area (Å²) in [6, 6.07) is 5.70. The van der Waals surface area contributed by atoms with E-state index < -0.39 is 6.36 Å². The average Bonchev–Trinajstić information content (AvgIpc) is 2.25. The molecule has 1 nitrogen and oxygen atoms in total. The molecule has 0 radical (unpaired) electrons. The zero-order valence-corrected chi connectivity index (χ0v) is 10.8. The zero-order chi connectivity index (χ0) is 13.8. The summed E-state index contributed by atoms with van der Waals surface area (Å²) in [5.74, 6) is 0.476. The molecule has 1 aromatic carbocycles. The van der Waals surface area contributed by atoms with E-state index in [1.807, 2.05) is 19.9 Å². The molecule has 0 fully saturated rings. The fraction of sp³-hybridized carbons (Fsp3) is 0.385. The number of rotatable bonds is 4. The van der Waals surface area contributed by atoms with E-state index in [2.05, 4.69) is 4.74 Å². The second-order valence-electron chi connectivity index (χ2n) is 4.12. The first-order chi connectivity index (χ1) is 8.31. The van der Waals surface area contributed by atoms with Crippen LogP contribution in [0, 0.1) is 5.92 Å². The van der Waals surface area contributed by atoms with Gasteiger partial charge in [-0.2, -0.15) is 0 Å². The Kier molecular flexibility index (Phi) is 5.08. The highest BCUT2D eigenvalue weighted by atomic mass is 35.5. The topological polar surface area (TPSA) is 9.23 Å². The van der Waals surface area contributed by atoms with E-state index in [-0.39, 0.29) is 5.75 Å². The molecule has 0 N–H and O–H groups in total. The van der Waals surface area contributed by atoms with Crippen molar-refractivity contribution in [1.82, 2.24) is 0 Å². The van der Waals surface area contributed by atoms with Crippen molar-refractivity contribution in [1.29, 1.82) is 0 Å². The first-order valence-corrected chi connectivity index (χ1v) is 5.97. The summed E-state index contributed by atoms with van der Waals surface area (Å²) in [7, 11) is 0. The fourth-order valence-electron chi connectivity index (χ4n) is 1.34. The van der Waals surface area contributed by atoms with E-state index in [0.29, 0.717) is 11.8 Å². The lowest BCUT2D eigenvalue weighted by Crippen LogP contribution is -2.16. The maximum atomic E-state index is 12.0. The van der Waals surface area contributed by atoms with Crippen LogP contribution in [0.15, 0.2) is 29.8 Å². The van der Waals surface area contributed by atoms with Gasteiger partial charge in [-0.15, -0.1) is 24.8 Å². The van der Waals surface area contributed by atoms with Crippen molar-refractivity contribution < 1.29 is 17.9 Å². The molecule has 0 amide bonds. The number of hydrogen-bond donors (Lipinski definition) is 0. The Balaban J connectivity index is 2.83. The molecule has 0 aliphatic heterocycles. The van der Waals surface area contributed by atoms with E-state index in [0.717, 1.165) is 11.1 Å². The lowest BCUT2D eigenvalue weighted by atomic mass is 10.0. The van der Waals surface area contributed by atoms with E-state index in [1.165, 1.54) is 12.1 Å². The lowest BCUT2D eigenvalue weighted by Gasteiger charge is -2.10. The predicted molar refractivity (Wildman–Crippen MR) is 66.7 cm³/mol. The second kappa shape index (κ2) is 6.14. The molecule has 0 bridgehead atoms. The molecule has 0 saturated heterocycles. The Hall–Kier alpha value is -1.16. The maximum Gasteiger partial charge on any atom is 0.573 e. The summed E-state index contributed by atoms with van der Waals surface area (Å²) in [6.45, 7) is 4.02. The van der Waals surface area contributed by atoms with Gasteiger partial charge in [0.15, 0.2) is 0 Å². The Labute approximate surface area is 109 Å². The van der Waals surface area contributed by atoms with Crippen LogP contribution < -0.4 is 4.74 Å². The van der Waals surface area contributed by atoms with Crippen molar-refractivity contribution in [2.45, 2.75) is 20.2 Å². The number of alkyl halides is 4. The molecule has 0 unspecified atom stereocenters. The summed E-state index contributed by atoms with van der Waals surface area (Å²) in [4.78, 5) is 0. The van der Waals surface area contributed by atoms with Gasteiger partial charge >= 0.3 is 6.36 Å². The van der Waals surface area contributed by atoms with E-state index >= 15 is 0 Å².